The zero-order chi connectivity index (χ0) is 22.6. The quantitative estimate of drug-likeness (QED) is 0.456. The molecule has 1 aliphatic rings. The highest BCUT2D eigenvalue weighted by Gasteiger charge is 2.36. The van der Waals surface area contributed by atoms with Crippen LogP contribution in [0.5, 0.6) is 0 Å². The van der Waals surface area contributed by atoms with E-state index >= 15 is 0 Å². The highest BCUT2D eigenvalue weighted by atomic mass is 35.5. The van der Waals surface area contributed by atoms with Crippen molar-refractivity contribution in [2.24, 2.45) is 7.05 Å². The van der Waals surface area contributed by atoms with E-state index in [0.29, 0.717) is 34.9 Å². The molecule has 3 aromatic heterocycles. The predicted molar refractivity (Wildman–Crippen MR) is 111 cm³/mol. The van der Waals surface area contributed by atoms with Crippen LogP contribution in [0.3, 0.4) is 0 Å². The molecule has 0 saturated heterocycles. The van der Waals surface area contributed by atoms with E-state index in [9.17, 15) is 18.0 Å². The lowest BCUT2D eigenvalue weighted by atomic mass is 10.1. The molecule has 0 saturated carbocycles. The minimum atomic E-state index is -4.64. The van der Waals surface area contributed by atoms with Gasteiger partial charge in [-0.25, -0.2) is 19.5 Å². The third kappa shape index (κ3) is 3.38. The van der Waals surface area contributed by atoms with Crippen LogP contribution in [0.15, 0.2) is 41.6 Å². The molecule has 1 aromatic carbocycles. The van der Waals surface area contributed by atoms with Gasteiger partial charge in [-0.2, -0.15) is 18.2 Å². The standard InChI is InChI=1S/C20H15ClF3N7O/c1-29-10-26-15-16(29)28-19(31(17(15)32)13-4-2-12(21)3-5-13)30-7-6-11-8-25-18(20(22,23)24)27-14(11)9-30/h2-5,8,10H,6-7,9H2,1H3. The Labute approximate surface area is 183 Å². The summed E-state index contributed by atoms with van der Waals surface area (Å²) in [6.45, 7) is 0.468. The summed E-state index contributed by atoms with van der Waals surface area (Å²) in [6.07, 6.45) is -1.53. The predicted octanol–water partition coefficient (Wildman–Crippen LogP) is 3.14. The van der Waals surface area contributed by atoms with Crippen LogP contribution >= 0.6 is 11.6 Å². The molecule has 5 rings (SSSR count). The van der Waals surface area contributed by atoms with Gasteiger partial charge in [0, 0.05) is 24.8 Å². The molecular weight excluding hydrogens is 447 g/mol. The van der Waals surface area contributed by atoms with Crippen molar-refractivity contribution < 1.29 is 13.2 Å². The van der Waals surface area contributed by atoms with Crippen LogP contribution in [0.4, 0.5) is 19.1 Å². The maximum Gasteiger partial charge on any atom is 0.451 e. The van der Waals surface area contributed by atoms with Crippen molar-refractivity contribution in [2.45, 2.75) is 19.1 Å². The van der Waals surface area contributed by atoms with E-state index in [0.717, 1.165) is 0 Å². The Bertz CT molecular complexity index is 1400. The second kappa shape index (κ2) is 7.30. The number of rotatable bonds is 2. The second-order valence-corrected chi connectivity index (χ2v) is 7.83. The number of halogens is 4. The molecule has 4 heterocycles. The molecule has 32 heavy (non-hydrogen) atoms. The van der Waals surface area contributed by atoms with E-state index in [4.69, 9.17) is 11.6 Å². The van der Waals surface area contributed by atoms with Gasteiger partial charge in [0.05, 0.1) is 24.3 Å². The lowest BCUT2D eigenvalue weighted by Gasteiger charge is -2.30. The number of anilines is 1. The van der Waals surface area contributed by atoms with Crippen LogP contribution in [0.1, 0.15) is 17.1 Å². The van der Waals surface area contributed by atoms with Crippen LogP contribution in [0.25, 0.3) is 16.9 Å². The summed E-state index contributed by atoms with van der Waals surface area (Å²) in [6, 6.07) is 6.63. The molecule has 4 aromatic rings. The largest absolute Gasteiger partial charge is 0.451 e. The van der Waals surface area contributed by atoms with Crippen LogP contribution in [0.2, 0.25) is 5.02 Å². The lowest BCUT2D eigenvalue weighted by Crippen LogP contribution is -2.37. The van der Waals surface area contributed by atoms with Gasteiger partial charge in [-0.05, 0) is 36.2 Å². The van der Waals surface area contributed by atoms with Gasteiger partial charge in [-0.1, -0.05) is 11.6 Å². The summed E-state index contributed by atoms with van der Waals surface area (Å²) >= 11 is 6.00. The fourth-order valence-electron chi connectivity index (χ4n) is 3.69. The molecule has 0 atom stereocenters. The monoisotopic (exact) mass is 461 g/mol. The molecule has 0 unspecified atom stereocenters. The maximum absolute atomic E-state index is 13.3. The fourth-order valence-corrected chi connectivity index (χ4v) is 3.82. The Kier molecular flexibility index (Phi) is 4.66. The number of imidazole rings is 1. The van der Waals surface area contributed by atoms with E-state index in [1.54, 1.807) is 40.8 Å². The third-order valence-electron chi connectivity index (χ3n) is 5.28. The van der Waals surface area contributed by atoms with E-state index in [2.05, 4.69) is 19.9 Å². The first-order valence-corrected chi connectivity index (χ1v) is 9.97. The number of hydrogen-bond acceptors (Lipinski definition) is 6. The van der Waals surface area contributed by atoms with Gasteiger partial charge >= 0.3 is 6.18 Å². The van der Waals surface area contributed by atoms with E-state index in [1.807, 2.05) is 0 Å². The molecule has 1 aliphatic heterocycles. The van der Waals surface area contributed by atoms with E-state index in [1.165, 1.54) is 17.1 Å². The van der Waals surface area contributed by atoms with Gasteiger partial charge in [0.2, 0.25) is 11.8 Å². The molecular formula is C20H15ClF3N7O. The molecule has 0 radical (unpaired) electrons. The van der Waals surface area contributed by atoms with Gasteiger partial charge in [0.1, 0.15) is 0 Å². The first-order valence-electron chi connectivity index (χ1n) is 9.59. The number of nitrogens with zero attached hydrogens (tertiary/aromatic N) is 7. The Hall–Kier alpha value is -3.47. The summed E-state index contributed by atoms with van der Waals surface area (Å²) in [7, 11) is 1.71. The van der Waals surface area contributed by atoms with Crippen molar-refractivity contribution in [1.29, 1.82) is 0 Å². The normalized spacial score (nSPS) is 14.1. The number of aromatic nitrogens is 6. The molecule has 8 nitrogen and oxygen atoms in total. The zero-order valence-electron chi connectivity index (χ0n) is 16.6. The Morgan fingerprint density at radius 2 is 1.84 bits per heavy atom. The molecule has 0 N–H and O–H groups in total. The molecule has 0 amide bonds. The lowest BCUT2D eigenvalue weighted by molar-refractivity contribution is -0.145. The summed E-state index contributed by atoms with van der Waals surface area (Å²) in [4.78, 5) is 31.1. The van der Waals surface area contributed by atoms with Crippen molar-refractivity contribution in [1.82, 2.24) is 29.1 Å². The van der Waals surface area contributed by atoms with E-state index < -0.39 is 17.6 Å². The minimum absolute atomic E-state index is 0.0460. The Balaban J connectivity index is 1.67. The van der Waals surface area contributed by atoms with Crippen LogP contribution in [0, 0.1) is 0 Å². The molecule has 0 aliphatic carbocycles. The molecule has 0 spiro atoms. The summed E-state index contributed by atoms with van der Waals surface area (Å²) in [5.74, 6) is -0.908. The maximum atomic E-state index is 13.3. The van der Waals surface area contributed by atoms with Gasteiger partial charge in [0.15, 0.2) is 11.2 Å². The van der Waals surface area contributed by atoms with Crippen molar-refractivity contribution in [3.63, 3.8) is 0 Å². The molecule has 0 fully saturated rings. The van der Waals surface area contributed by atoms with Gasteiger partial charge in [-0.15, -0.1) is 0 Å². The number of alkyl halides is 3. The molecule has 12 heteroatoms. The average Bonchev–Trinajstić information content (AvgIpc) is 3.14. The smallest absolute Gasteiger partial charge is 0.336 e. The van der Waals surface area contributed by atoms with Gasteiger partial charge in [-0.3, -0.25) is 4.79 Å². The zero-order valence-corrected chi connectivity index (χ0v) is 17.4. The Morgan fingerprint density at radius 1 is 1.09 bits per heavy atom. The van der Waals surface area contributed by atoms with Crippen molar-refractivity contribution >= 4 is 28.7 Å². The third-order valence-corrected chi connectivity index (χ3v) is 5.54. The first kappa shape index (κ1) is 20.4. The van der Waals surface area contributed by atoms with Gasteiger partial charge < -0.3 is 9.47 Å². The van der Waals surface area contributed by atoms with Crippen molar-refractivity contribution in [3.8, 4) is 5.69 Å². The Morgan fingerprint density at radius 3 is 2.56 bits per heavy atom. The fraction of sp³-hybridized carbons (Fsp3) is 0.250. The summed E-state index contributed by atoms with van der Waals surface area (Å²) in [5, 5.41) is 0.499. The first-order chi connectivity index (χ1) is 15.2. The van der Waals surface area contributed by atoms with Crippen LogP contribution < -0.4 is 10.5 Å². The van der Waals surface area contributed by atoms with Crippen LogP contribution in [-0.4, -0.2) is 35.6 Å². The molecule has 164 valence electrons. The highest BCUT2D eigenvalue weighted by molar-refractivity contribution is 6.30. The number of fused-ring (bicyclic) bond motifs is 2. The number of hydrogen-bond donors (Lipinski definition) is 0. The highest BCUT2D eigenvalue weighted by Crippen LogP contribution is 2.29. The summed E-state index contributed by atoms with van der Waals surface area (Å²) < 4.78 is 42.4. The summed E-state index contributed by atoms with van der Waals surface area (Å²) in [5.41, 5.74) is 1.57. The average molecular weight is 462 g/mol. The number of aryl methyl sites for hydroxylation is 1. The number of benzene rings is 1. The topological polar surface area (TPSA) is 81.7 Å². The van der Waals surface area contributed by atoms with Crippen molar-refractivity contribution in [2.75, 3.05) is 11.4 Å². The second-order valence-electron chi connectivity index (χ2n) is 7.39. The van der Waals surface area contributed by atoms with Gasteiger partial charge in [0.25, 0.3) is 5.56 Å². The van der Waals surface area contributed by atoms with Crippen LogP contribution in [-0.2, 0) is 26.2 Å². The molecule has 0 bridgehead atoms. The van der Waals surface area contributed by atoms with E-state index in [-0.39, 0.29) is 23.7 Å². The van der Waals surface area contributed by atoms with Crippen molar-refractivity contribution in [3.05, 3.63) is 69.2 Å². The SMILES string of the molecule is Cn1cnc2c(=O)n(-c3ccc(Cl)cc3)c(N3CCc4cnc(C(F)(F)F)nc4C3)nc21. The minimum Gasteiger partial charge on any atom is -0.336 e.